The Morgan fingerprint density at radius 3 is 3.06 bits per heavy atom. The first kappa shape index (κ1) is 10.5. The summed E-state index contributed by atoms with van der Waals surface area (Å²) in [6.07, 6.45) is 2.51. The molecule has 1 N–H and O–H groups in total. The second-order valence-electron chi connectivity index (χ2n) is 4.25. The monoisotopic (exact) mass is 249 g/mol. The van der Waals surface area contributed by atoms with Gasteiger partial charge in [-0.05, 0) is 48.5 Å². The van der Waals surface area contributed by atoms with Crippen molar-refractivity contribution in [1.29, 1.82) is 0 Å². The van der Waals surface area contributed by atoms with Gasteiger partial charge in [0.25, 0.3) is 0 Å². The maximum Gasteiger partial charge on any atom is 0.356 e. The second-order valence-corrected chi connectivity index (χ2v) is 5.05. The van der Waals surface area contributed by atoms with Gasteiger partial charge in [-0.1, -0.05) is 0 Å². The molecule has 2 aromatic rings. The summed E-state index contributed by atoms with van der Waals surface area (Å²) in [4.78, 5) is 10.9. The molecule has 0 amide bonds. The summed E-state index contributed by atoms with van der Waals surface area (Å²) >= 11 is 1.20. The number of fused-ring (bicyclic) bond motifs is 1. The molecule has 3 rings (SSSR count). The van der Waals surface area contributed by atoms with Crippen LogP contribution < -0.4 is 4.74 Å². The van der Waals surface area contributed by atoms with Gasteiger partial charge in [-0.2, -0.15) is 4.37 Å². The number of hydrogen-bond donors (Lipinski definition) is 1. The van der Waals surface area contributed by atoms with Gasteiger partial charge in [-0.25, -0.2) is 4.79 Å². The summed E-state index contributed by atoms with van der Waals surface area (Å²) in [5.74, 6) is 0.523. The van der Waals surface area contributed by atoms with E-state index in [0.717, 1.165) is 17.1 Å². The lowest BCUT2D eigenvalue weighted by molar-refractivity contribution is 0.0694. The molecule has 0 atom stereocenters. The van der Waals surface area contributed by atoms with Crippen LogP contribution in [0.5, 0.6) is 5.75 Å². The molecule has 0 aliphatic heterocycles. The third-order valence-electron chi connectivity index (χ3n) is 2.83. The Labute approximate surface area is 102 Å². The lowest BCUT2D eigenvalue weighted by atomic mass is 10.2. The molecule has 1 aromatic heterocycles. The molecule has 1 saturated carbocycles. The first-order valence-electron chi connectivity index (χ1n) is 5.49. The lowest BCUT2D eigenvalue weighted by Crippen LogP contribution is -1.99. The van der Waals surface area contributed by atoms with Gasteiger partial charge in [0.2, 0.25) is 0 Å². The van der Waals surface area contributed by atoms with E-state index in [4.69, 9.17) is 9.84 Å². The number of carbonyl (C=O) groups is 1. The van der Waals surface area contributed by atoms with Crippen molar-refractivity contribution < 1.29 is 14.6 Å². The fraction of sp³-hybridized carbons (Fsp3) is 0.333. The van der Waals surface area contributed by atoms with Gasteiger partial charge in [0, 0.05) is 5.39 Å². The third kappa shape index (κ3) is 2.10. The number of hydrogen-bond acceptors (Lipinski definition) is 4. The number of rotatable bonds is 4. The van der Waals surface area contributed by atoms with Crippen LogP contribution in [0.25, 0.3) is 10.1 Å². The van der Waals surface area contributed by atoms with Gasteiger partial charge in [0.15, 0.2) is 5.69 Å². The normalized spacial score (nSPS) is 15.1. The second kappa shape index (κ2) is 4.00. The number of nitrogens with zero attached hydrogens (tertiary/aromatic N) is 1. The summed E-state index contributed by atoms with van der Waals surface area (Å²) in [5.41, 5.74) is 0.124. The Morgan fingerprint density at radius 2 is 2.35 bits per heavy atom. The Morgan fingerprint density at radius 1 is 1.53 bits per heavy atom. The van der Waals surface area contributed by atoms with Gasteiger partial charge in [-0.3, -0.25) is 0 Å². The highest BCUT2D eigenvalue weighted by Gasteiger charge is 2.22. The van der Waals surface area contributed by atoms with Crippen LogP contribution in [0.3, 0.4) is 0 Å². The number of carboxylic acids is 1. The van der Waals surface area contributed by atoms with Gasteiger partial charge in [0.05, 0.1) is 11.3 Å². The molecule has 0 bridgehead atoms. The van der Waals surface area contributed by atoms with Crippen LogP contribution >= 0.6 is 11.5 Å². The average molecular weight is 249 g/mol. The zero-order valence-corrected chi connectivity index (χ0v) is 9.87. The lowest BCUT2D eigenvalue weighted by Gasteiger charge is -2.04. The van der Waals surface area contributed by atoms with E-state index in [0.29, 0.717) is 11.3 Å². The highest BCUT2D eigenvalue weighted by atomic mass is 32.1. The minimum absolute atomic E-state index is 0.124. The minimum Gasteiger partial charge on any atom is -0.493 e. The Hall–Kier alpha value is -1.62. The van der Waals surface area contributed by atoms with E-state index in [9.17, 15) is 4.79 Å². The van der Waals surface area contributed by atoms with Gasteiger partial charge in [0.1, 0.15) is 5.75 Å². The van der Waals surface area contributed by atoms with Crippen molar-refractivity contribution in [3.63, 3.8) is 0 Å². The maximum absolute atomic E-state index is 10.9. The number of benzene rings is 1. The molecule has 1 fully saturated rings. The maximum atomic E-state index is 10.9. The summed E-state index contributed by atoms with van der Waals surface area (Å²) in [6.45, 7) is 0.760. The number of carboxylic acid groups (broad SMARTS) is 1. The van der Waals surface area contributed by atoms with Crippen molar-refractivity contribution in [3.8, 4) is 5.75 Å². The zero-order chi connectivity index (χ0) is 11.8. The van der Waals surface area contributed by atoms with Crippen molar-refractivity contribution in [2.24, 2.45) is 5.92 Å². The molecular formula is C12H11NO3S. The van der Waals surface area contributed by atoms with E-state index < -0.39 is 5.97 Å². The van der Waals surface area contributed by atoms with E-state index >= 15 is 0 Å². The minimum atomic E-state index is -0.983. The van der Waals surface area contributed by atoms with E-state index in [2.05, 4.69) is 4.37 Å². The fourth-order valence-corrected chi connectivity index (χ4v) is 2.46. The molecule has 17 heavy (non-hydrogen) atoms. The van der Waals surface area contributed by atoms with E-state index in [1.54, 1.807) is 6.07 Å². The first-order chi connectivity index (χ1) is 8.24. The van der Waals surface area contributed by atoms with Crippen molar-refractivity contribution in [2.75, 3.05) is 6.61 Å². The summed E-state index contributed by atoms with van der Waals surface area (Å²) < 4.78 is 10.4. The number of aromatic nitrogens is 1. The van der Waals surface area contributed by atoms with Gasteiger partial charge >= 0.3 is 5.97 Å². The van der Waals surface area contributed by atoms with E-state index in [-0.39, 0.29) is 5.69 Å². The SMILES string of the molecule is O=C(O)c1nsc2cc(OCC3CC3)ccc12. The molecule has 1 aliphatic rings. The number of aromatic carboxylic acids is 1. The third-order valence-corrected chi connectivity index (χ3v) is 3.64. The molecule has 1 heterocycles. The molecule has 0 unspecified atom stereocenters. The van der Waals surface area contributed by atoms with Crippen LogP contribution in [-0.4, -0.2) is 22.1 Å². The molecule has 0 spiro atoms. The summed E-state index contributed by atoms with van der Waals surface area (Å²) in [6, 6.07) is 5.44. The molecular weight excluding hydrogens is 238 g/mol. The van der Waals surface area contributed by atoms with Crippen LogP contribution in [0.2, 0.25) is 0 Å². The van der Waals surface area contributed by atoms with Crippen LogP contribution in [0, 0.1) is 5.92 Å². The molecule has 5 heteroatoms. The Balaban J connectivity index is 1.88. The van der Waals surface area contributed by atoms with Crippen LogP contribution in [0.15, 0.2) is 18.2 Å². The van der Waals surface area contributed by atoms with Crippen LogP contribution in [0.1, 0.15) is 23.3 Å². The largest absolute Gasteiger partial charge is 0.493 e. The highest BCUT2D eigenvalue weighted by molar-refractivity contribution is 7.13. The quantitative estimate of drug-likeness (QED) is 0.905. The topological polar surface area (TPSA) is 59.4 Å². The standard InChI is InChI=1S/C12H11NO3S/c14-12(15)11-9-4-3-8(5-10(9)17-13-11)16-6-7-1-2-7/h3-5,7H,1-2,6H2,(H,14,15). The average Bonchev–Trinajstić information content (AvgIpc) is 3.04. The van der Waals surface area contributed by atoms with E-state index in [1.807, 2.05) is 12.1 Å². The predicted octanol–water partition coefficient (Wildman–Crippen LogP) is 2.78. The van der Waals surface area contributed by atoms with Gasteiger partial charge < -0.3 is 9.84 Å². The molecule has 0 saturated heterocycles. The predicted molar refractivity (Wildman–Crippen MR) is 64.8 cm³/mol. The van der Waals surface area contributed by atoms with Crippen molar-refractivity contribution in [1.82, 2.24) is 4.37 Å². The van der Waals surface area contributed by atoms with Crippen molar-refractivity contribution >= 4 is 27.6 Å². The van der Waals surface area contributed by atoms with Crippen molar-refractivity contribution in [3.05, 3.63) is 23.9 Å². The fourth-order valence-electron chi connectivity index (χ4n) is 1.66. The molecule has 1 aliphatic carbocycles. The van der Waals surface area contributed by atoms with Gasteiger partial charge in [-0.15, -0.1) is 0 Å². The van der Waals surface area contributed by atoms with Crippen LogP contribution in [0.4, 0.5) is 0 Å². The summed E-state index contributed by atoms with van der Waals surface area (Å²) in [7, 11) is 0. The molecule has 88 valence electrons. The van der Waals surface area contributed by atoms with Crippen LogP contribution in [-0.2, 0) is 0 Å². The molecule has 1 aromatic carbocycles. The number of ether oxygens (including phenoxy) is 1. The van der Waals surface area contributed by atoms with Crippen molar-refractivity contribution in [2.45, 2.75) is 12.8 Å². The Bertz CT molecular complexity index is 574. The summed E-state index contributed by atoms with van der Waals surface area (Å²) in [5, 5.41) is 9.62. The van der Waals surface area contributed by atoms with E-state index in [1.165, 1.54) is 24.4 Å². The molecule has 4 nitrogen and oxygen atoms in total. The highest BCUT2D eigenvalue weighted by Crippen LogP contribution is 2.31. The zero-order valence-electron chi connectivity index (χ0n) is 9.05. The Kier molecular flexibility index (Phi) is 2.48. The first-order valence-corrected chi connectivity index (χ1v) is 6.27. The molecule has 0 radical (unpaired) electrons. The smallest absolute Gasteiger partial charge is 0.356 e.